The minimum Gasteiger partial charge on any atom is -0.355 e. The van der Waals surface area contributed by atoms with Crippen molar-refractivity contribution < 1.29 is 22.8 Å². The lowest BCUT2D eigenvalue weighted by atomic mass is 10.1. The van der Waals surface area contributed by atoms with E-state index in [0.29, 0.717) is 16.8 Å². The molecular formula is C21H20F3N3O2. The number of nitrogens with zero attached hydrogens (tertiary/aromatic N) is 1. The molecule has 2 aromatic carbocycles. The number of amides is 2. The van der Waals surface area contributed by atoms with Gasteiger partial charge < -0.3 is 10.6 Å². The number of nitrogens with one attached hydrogen (secondary N) is 2. The molecule has 0 saturated heterocycles. The number of rotatable bonds is 5. The Labute approximate surface area is 166 Å². The van der Waals surface area contributed by atoms with Crippen LogP contribution in [0.25, 0.3) is 6.08 Å². The van der Waals surface area contributed by atoms with Crippen molar-refractivity contribution in [1.82, 2.24) is 10.2 Å². The lowest BCUT2D eigenvalue weighted by Gasteiger charge is -2.16. The summed E-state index contributed by atoms with van der Waals surface area (Å²) in [4.78, 5) is 25.1. The first-order chi connectivity index (χ1) is 13.7. The summed E-state index contributed by atoms with van der Waals surface area (Å²) in [6.07, 6.45) is -1.32. The summed E-state index contributed by atoms with van der Waals surface area (Å²) >= 11 is 0. The molecule has 1 aliphatic heterocycles. The first kappa shape index (κ1) is 20.6. The molecule has 0 fully saturated rings. The first-order valence-electron chi connectivity index (χ1n) is 8.96. The van der Waals surface area contributed by atoms with Crippen LogP contribution in [0.1, 0.15) is 27.0 Å². The van der Waals surface area contributed by atoms with Gasteiger partial charge >= 0.3 is 6.18 Å². The number of fused-ring (bicyclic) bond motifs is 1. The molecule has 2 N–H and O–H groups in total. The third-order valence-corrected chi connectivity index (χ3v) is 4.54. The monoisotopic (exact) mass is 403 g/mol. The van der Waals surface area contributed by atoms with Crippen molar-refractivity contribution in [3.63, 3.8) is 0 Å². The fourth-order valence-corrected chi connectivity index (χ4v) is 3.21. The van der Waals surface area contributed by atoms with Gasteiger partial charge in [0.15, 0.2) is 0 Å². The van der Waals surface area contributed by atoms with Crippen LogP contribution in [0.2, 0.25) is 0 Å². The number of halogens is 3. The zero-order valence-electron chi connectivity index (χ0n) is 15.7. The minimum absolute atomic E-state index is 0.135. The Morgan fingerprint density at radius 3 is 2.48 bits per heavy atom. The van der Waals surface area contributed by atoms with Crippen LogP contribution in [0.4, 0.5) is 18.9 Å². The number of hydrogen-bond acceptors (Lipinski definition) is 3. The molecule has 1 heterocycles. The van der Waals surface area contributed by atoms with E-state index < -0.39 is 12.7 Å². The maximum atomic E-state index is 12.6. The van der Waals surface area contributed by atoms with Crippen LogP contribution in [0, 0.1) is 0 Å². The van der Waals surface area contributed by atoms with Gasteiger partial charge in [-0.2, -0.15) is 13.2 Å². The molecule has 1 aliphatic rings. The first-order valence-corrected chi connectivity index (χ1v) is 8.96. The van der Waals surface area contributed by atoms with Crippen LogP contribution in [0.5, 0.6) is 0 Å². The Balaban J connectivity index is 1.64. The Morgan fingerprint density at radius 1 is 1.10 bits per heavy atom. The van der Waals surface area contributed by atoms with E-state index >= 15 is 0 Å². The van der Waals surface area contributed by atoms with Crippen molar-refractivity contribution in [2.75, 3.05) is 18.9 Å². The van der Waals surface area contributed by atoms with Crippen LogP contribution in [0.3, 0.4) is 0 Å². The predicted octanol–water partition coefficient (Wildman–Crippen LogP) is 3.58. The highest BCUT2D eigenvalue weighted by atomic mass is 19.4. The second kappa shape index (κ2) is 8.48. The number of hydrogen-bond donors (Lipinski definition) is 2. The smallest absolute Gasteiger partial charge is 0.355 e. The van der Waals surface area contributed by atoms with E-state index in [0.717, 1.165) is 11.1 Å². The standard InChI is InChI=1S/C21H20F3N3O2/c1-25-20(29)15-8-5-14(6-9-15)7-10-19(28)26-18-4-2-3-16-11-27(12-17(16)18)13-21(22,23)24/h2-10H,11-13H2,1H3,(H,25,29)(H,26,28)/b10-7+. The van der Waals surface area contributed by atoms with Crippen molar-refractivity contribution in [2.24, 2.45) is 0 Å². The van der Waals surface area contributed by atoms with Gasteiger partial charge in [0.1, 0.15) is 0 Å². The number of alkyl halides is 3. The molecule has 8 heteroatoms. The molecule has 0 aromatic heterocycles. The van der Waals surface area contributed by atoms with Crippen LogP contribution in [-0.2, 0) is 17.9 Å². The van der Waals surface area contributed by atoms with Gasteiger partial charge in [-0.3, -0.25) is 14.5 Å². The Bertz CT molecular complexity index is 937. The van der Waals surface area contributed by atoms with Gasteiger partial charge in [-0.25, -0.2) is 0 Å². The maximum absolute atomic E-state index is 12.6. The fourth-order valence-electron chi connectivity index (χ4n) is 3.21. The quantitative estimate of drug-likeness (QED) is 0.751. The van der Waals surface area contributed by atoms with E-state index in [2.05, 4.69) is 10.6 Å². The number of benzene rings is 2. The molecule has 3 rings (SSSR count). The lowest BCUT2D eigenvalue weighted by molar-refractivity contribution is -0.147. The summed E-state index contributed by atoms with van der Waals surface area (Å²) in [7, 11) is 1.54. The highest BCUT2D eigenvalue weighted by Crippen LogP contribution is 2.31. The summed E-state index contributed by atoms with van der Waals surface area (Å²) in [5, 5.41) is 5.26. The van der Waals surface area contributed by atoms with Crippen LogP contribution < -0.4 is 10.6 Å². The highest BCUT2D eigenvalue weighted by Gasteiger charge is 2.34. The molecule has 5 nitrogen and oxygen atoms in total. The molecule has 0 bridgehead atoms. The predicted molar refractivity (Wildman–Crippen MR) is 104 cm³/mol. The summed E-state index contributed by atoms with van der Waals surface area (Å²) < 4.78 is 37.9. The summed E-state index contributed by atoms with van der Waals surface area (Å²) in [5.41, 5.74) is 3.24. The van der Waals surface area contributed by atoms with E-state index in [1.807, 2.05) is 0 Å². The third kappa shape index (κ3) is 5.45. The second-order valence-corrected chi connectivity index (χ2v) is 6.73. The van der Waals surface area contributed by atoms with Gasteiger partial charge in [-0.05, 0) is 41.0 Å². The topological polar surface area (TPSA) is 61.4 Å². The van der Waals surface area contributed by atoms with Gasteiger partial charge in [0.25, 0.3) is 5.91 Å². The highest BCUT2D eigenvalue weighted by molar-refractivity contribution is 6.02. The molecule has 0 saturated carbocycles. The molecule has 29 heavy (non-hydrogen) atoms. The van der Waals surface area contributed by atoms with Gasteiger partial charge in [0, 0.05) is 37.5 Å². The molecule has 0 atom stereocenters. The van der Waals surface area contributed by atoms with E-state index in [-0.39, 0.29) is 24.9 Å². The van der Waals surface area contributed by atoms with E-state index in [9.17, 15) is 22.8 Å². The largest absolute Gasteiger partial charge is 0.401 e. The van der Waals surface area contributed by atoms with Crippen LogP contribution >= 0.6 is 0 Å². The van der Waals surface area contributed by atoms with Gasteiger partial charge in [0.05, 0.1) is 6.54 Å². The average Bonchev–Trinajstić information content (AvgIpc) is 3.07. The van der Waals surface area contributed by atoms with E-state index in [4.69, 9.17) is 0 Å². The number of carbonyl (C=O) groups excluding carboxylic acids is 2. The van der Waals surface area contributed by atoms with Crippen molar-refractivity contribution >= 4 is 23.6 Å². The Morgan fingerprint density at radius 2 is 1.83 bits per heavy atom. The van der Waals surface area contributed by atoms with Crippen molar-refractivity contribution in [1.29, 1.82) is 0 Å². The fraction of sp³-hybridized carbons (Fsp3) is 0.238. The van der Waals surface area contributed by atoms with Gasteiger partial charge in [-0.1, -0.05) is 24.3 Å². The van der Waals surface area contributed by atoms with E-state index in [1.165, 1.54) is 11.0 Å². The summed E-state index contributed by atoms with van der Waals surface area (Å²) in [5.74, 6) is -0.584. The Kier molecular flexibility index (Phi) is 6.03. The number of anilines is 1. The van der Waals surface area contributed by atoms with E-state index in [1.54, 1.807) is 55.6 Å². The van der Waals surface area contributed by atoms with Gasteiger partial charge in [-0.15, -0.1) is 0 Å². The van der Waals surface area contributed by atoms with Crippen LogP contribution in [-0.4, -0.2) is 36.5 Å². The Hall–Kier alpha value is -3.13. The van der Waals surface area contributed by atoms with Crippen molar-refractivity contribution in [3.8, 4) is 0 Å². The lowest BCUT2D eigenvalue weighted by Crippen LogP contribution is -2.30. The van der Waals surface area contributed by atoms with Gasteiger partial charge in [0.2, 0.25) is 5.91 Å². The molecule has 0 radical (unpaired) electrons. The molecule has 0 unspecified atom stereocenters. The molecule has 2 amide bonds. The summed E-state index contributed by atoms with van der Waals surface area (Å²) in [6.45, 7) is -0.650. The summed E-state index contributed by atoms with van der Waals surface area (Å²) in [6, 6.07) is 11.9. The molecular weight excluding hydrogens is 383 g/mol. The normalized spacial score (nSPS) is 14.1. The molecule has 2 aromatic rings. The molecule has 152 valence electrons. The number of carbonyl (C=O) groups is 2. The zero-order chi connectivity index (χ0) is 21.0. The maximum Gasteiger partial charge on any atom is 0.401 e. The molecule has 0 aliphatic carbocycles. The zero-order valence-corrected chi connectivity index (χ0v) is 15.7. The minimum atomic E-state index is -4.26. The average molecular weight is 403 g/mol. The van der Waals surface area contributed by atoms with Crippen molar-refractivity contribution in [2.45, 2.75) is 19.3 Å². The SMILES string of the molecule is CNC(=O)c1ccc(/C=C/C(=O)Nc2cccc3c2CN(CC(F)(F)F)C3)cc1. The van der Waals surface area contributed by atoms with Crippen molar-refractivity contribution in [3.05, 3.63) is 70.8 Å². The second-order valence-electron chi connectivity index (χ2n) is 6.73. The molecule has 0 spiro atoms. The third-order valence-electron chi connectivity index (χ3n) is 4.54. The van der Waals surface area contributed by atoms with Crippen LogP contribution in [0.15, 0.2) is 48.5 Å².